The number of benzene rings is 6. The maximum absolute atomic E-state index is 14.6. The third kappa shape index (κ3) is 11.5. The molecular formula is C58H56N4O6+2. The lowest BCUT2D eigenvalue weighted by Gasteiger charge is -2.26. The molecule has 68 heavy (non-hydrogen) atoms. The molecule has 2 heterocycles. The van der Waals surface area contributed by atoms with Crippen LogP contribution >= 0.6 is 0 Å². The van der Waals surface area contributed by atoms with Crippen LogP contribution in [0.4, 0.5) is 5.69 Å². The number of nitrogens with one attached hydrogen (secondary N) is 4. The Bertz CT molecular complexity index is 3000. The third-order valence-electron chi connectivity index (χ3n) is 12.0. The second-order valence-electron chi connectivity index (χ2n) is 17.4. The number of ketones is 1. The van der Waals surface area contributed by atoms with E-state index in [1.54, 1.807) is 19.1 Å². The van der Waals surface area contributed by atoms with E-state index in [9.17, 15) is 19.2 Å². The van der Waals surface area contributed by atoms with Crippen molar-refractivity contribution in [3.63, 3.8) is 0 Å². The first kappa shape index (κ1) is 46.5. The molecule has 10 heteroatoms. The van der Waals surface area contributed by atoms with E-state index in [1.807, 2.05) is 184 Å². The number of Topliss-reactive ketones (excluding diaryl/α,β-unsaturated/α-hetero) is 1. The molecule has 10 nitrogen and oxygen atoms in total. The van der Waals surface area contributed by atoms with Crippen LogP contribution < -0.4 is 21.3 Å². The van der Waals surface area contributed by atoms with Gasteiger partial charge >= 0.3 is 22.7 Å². The Morgan fingerprint density at radius 2 is 0.912 bits per heavy atom. The lowest BCUT2D eigenvalue weighted by atomic mass is 9.94. The maximum Gasteiger partial charge on any atom is 0.383 e. The molecule has 3 amide bonds. The highest BCUT2D eigenvalue weighted by Crippen LogP contribution is 2.31. The van der Waals surface area contributed by atoms with E-state index < -0.39 is 41.9 Å². The molecule has 8 aromatic rings. The van der Waals surface area contributed by atoms with Crippen molar-refractivity contribution < 1.29 is 28.0 Å². The minimum absolute atomic E-state index is 0.0313. The Labute approximate surface area is 396 Å². The van der Waals surface area contributed by atoms with Crippen LogP contribution in [0.5, 0.6) is 0 Å². The minimum atomic E-state index is -1.09. The van der Waals surface area contributed by atoms with Gasteiger partial charge in [-0.15, -0.1) is 0 Å². The molecule has 0 saturated heterocycles. The first-order valence-electron chi connectivity index (χ1n) is 23.3. The summed E-state index contributed by atoms with van der Waals surface area (Å²) in [6.07, 6.45) is 1.03. The molecule has 0 spiro atoms. The van der Waals surface area contributed by atoms with E-state index in [0.717, 1.165) is 33.0 Å². The number of anilines is 1. The number of hydrogen-bond donors (Lipinski definition) is 4. The van der Waals surface area contributed by atoms with Gasteiger partial charge in [0.25, 0.3) is 0 Å². The van der Waals surface area contributed by atoms with E-state index in [0.29, 0.717) is 46.8 Å². The molecule has 0 saturated carbocycles. The largest absolute Gasteiger partial charge is 0.383 e. The Balaban J connectivity index is 1.04. The van der Waals surface area contributed by atoms with Crippen LogP contribution in [0.15, 0.2) is 191 Å². The molecule has 0 unspecified atom stereocenters. The number of rotatable bonds is 19. The van der Waals surface area contributed by atoms with Crippen molar-refractivity contribution in [3.05, 3.63) is 199 Å². The fourth-order valence-electron chi connectivity index (χ4n) is 8.41. The van der Waals surface area contributed by atoms with Crippen LogP contribution in [0, 0.1) is 5.92 Å². The van der Waals surface area contributed by atoms with Gasteiger partial charge in [0.1, 0.15) is 29.4 Å². The van der Waals surface area contributed by atoms with Gasteiger partial charge in [-0.1, -0.05) is 130 Å². The van der Waals surface area contributed by atoms with Gasteiger partial charge in [0, 0.05) is 25.0 Å². The predicted molar refractivity (Wildman–Crippen MR) is 270 cm³/mol. The van der Waals surface area contributed by atoms with Crippen LogP contribution in [-0.2, 0) is 27.2 Å². The second-order valence-corrected chi connectivity index (χ2v) is 17.4. The summed E-state index contributed by atoms with van der Waals surface area (Å²) in [6.45, 7) is 5.78. The van der Waals surface area contributed by atoms with Crippen LogP contribution in [0.1, 0.15) is 55.1 Å². The third-order valence-corrected chi connectivity index (χ3v) is 12.0. The molecule has 8 rings (SSSR count). The maximum atomic E-state index is 14.6. The molecule has 342 valence electrons. The molecule has 0 aliphatic carbocycles. The smallest absolute Gasteiger partial charge is 0.366 e. The number of para-hydroxylation sites is 2. The van der Waals surface area contributed by atoms with Gasteiger partial charge in [0.15, 0.2) is 5.78 Å². The van der Waals surface area contributed by atoms with E-state index >= 15 is 0 Å². The number of amides is 3. The summed E-state index contributed by atoms with van der Waals surface area (Å²) < 4.78 is 12.9. The second kappa shape index (κ2) is 22.0. The first-order chi connectivity index (χ1) is 33.1. The predicted octanol–water partition coefficient (Wildman–Crippen LogP) is 11.1. The molecule has 4 atom stereocenters. The quantitative estimate of drug-likeness (QED) is 0.0468. The summed E-state index contributed by atoms with van der Waals surface area (Å²) >= 11 is 0. The van der Waals surface area contributed by atoms with Crippen LogP contribution in [0.3, 0.4) is 0 Å². The number of hydrogen-bond acceptors (Lipinski definition) is 5. The fourth-order valence-corrected chi connectivity index (χ4v) is 8.41. The van der Waals surface area contributed by atoms with Gasteiger partial charge in [-0.05, 0) is 90.6 Å². The van der Waals surface area contributed by atoms with Crippen molar-refractivity contribution in [1.29, 1.82) is 0 Å². The summed E-state index contributed by atoms with van der Waals surface area (Å²) in [5.41, 5.74) is 5.47. The van der Waals surface area contributed by atoms with Gasteiger partial charge in [0.05, 0.1) is 27.9 Å². The van der Waals surface area contributed by atoms with Crippen LogP contribution in [0.25, 0.3) is 44.6 Å². The molecule has 0 bridgehead atoms. The van der Waals surface area contributed by atoms with Gasteiger partial charge < -0.3 is 21.3 Å². The Kier molecular flexibility index (Phi) is 15.1. The molecule has 2 aromatic heterocycles. The van der Waals surface area contributed by atoms with Crippen molar-refractivity contribution in [2.75, 3.05) is 5.32 Å². The molecule has 0 radical (unpaired) electrons. The van der Waals surface area contributed by atoms with E-state index in [2.05, 4.69) is 21.3 Å². The molecule has 6 aromatic carbocycles. The van der Waals surface area contributed by atoms with Gasteiger partial charge in [0.2, 0.25) is 17.7 Å². The summed E-state index contributed by atoms with van der Waals surface area (Å²) in [4.78, 5) is 58.1. The van der Waals surface area contributed by atoms with E-state index in [4.69, 9.17) is 8.83 Å². The van der Waals surface area contributed by atoms with E-state index in [1.165, 1.54) is 0 Å². The average Bonchev–Trinajstić information content (AvgIpc) is 3.37. The normalized spacial score (nSPS) is 13.0. The zero-order valence-electron chi connectivity index (χ0n) is 38.5. The topological polar surface area (TPSA) is 139 Å². The Morgan fingerprint density at radius 1 is 0.456 bits per heavy atom. The highest BCUT2D eigenvalue weighted by atomic mass is 16.3. The van der Waals surface area contributed by atoms with Gasteiger partial charge in [-0.2, -0.15) is 0 Å². The van der Waals surface area contributed by atoms with Gasteiger partial charge in [-0.3, -0.25) is 19.2 Å². The SMILES string of the molecule is CC[C@H](NC(=O)[C@H](Cc1ccccc1)Nc1cccc2ccc(-c3ccccc3)[o+]c12)C(=O)N[C@@H](Cc1ccccc1)C(=O)N[C@@H](CC(C)C)C(=O)c1cccc2ccc(-c3ccccc3)[o+]c12. The summed E-state index contributed by atoms with van der Waals surface area (Å²) in [5.74, 6) is -0.455. The molecule has 0 aliphatic heterocycles. The summed E-state index contributed by atoms with van der Waals surface area (Å²) in [7, 11) is 0. The lowest BCUT2D eigenvalue weighted by molar-refractivity contribution is -0.132. The number of carbonyl (C=O) groups is 4. The van der Waals surface area contributed by atoms with Crippen molar-refractivity contribution in [2.24, 2.45) is 5.92 Å². The minimum Gasteiger partial charge on any atom is -0.366 e. The number of fused-ring (bicyclic) bond motifs is 2. The lowest BCUT2D eigenvalue weighted by Crippen LogP contribution is -2.57. The Hall–Kier alpha value is -7.98. The zero-order valence-corrected chi connectivity index (χ0v) is 38.5. The van der Waals surface area contributed by atoms with Crippen molar-refractivity contribution >= 4 is 51.1 Å². The zero-order chi connectivity index (χ0) is 47.4. The fraction of sp³-hybridized carbons (Fsp3) is 0.207. The number of carbonyl (C=O) groups excluding carboxylic acids is 4. The van der Waals surface area contributed by atoms with Gasteiger partial charge in [-0.25, -0.2) is 8.83 Å². The first-order valence-corrected chi connectivity index (χ1v) is 23.3. The summed E-state index contributed by atoms with van der Waals surface area (Å²) in [6, 6.07) is 53.5. The Morgan fingerprint density at radius 3 is 1.47 bits per heavy atom. The van der Waals surface area contributed by atoms with E-state index in [-0.39, 0.29) is 24.5 Å². The van der Waals surface area contributed by atoms with Crippen LogP contribution in [-0.4, -0.2) is 47.7 Å². The van der Waals surface area contributed by atoms with Crippen molar-refractivity contribution in [3.8, 4) is 22.6 Å². The van der Waals surface area contributed by atoms with Crippen molar-refractivity contribution in [2.45, 2.75) is 70.6 Å². The highest BCUT2D eigenvalue weighted by Gasteiger charge is 2.34. The standard InChI is InChI=1S/C58H54N4O6/c1-4-46(60-57(65)49(36-39-19-9-5-10-20-39)59-47-30-18-28-44-32-34-52(68-55(44)47)42-25-15-8-16-26-42)56(64)62-50(37-40-21-11-6-12-22-40)58(66)61-48(35-38(2)3)53(63)45-29-17-27-43-31-33-51(67-54(43)45)41-23-13-7-14-24-41/h5-34,38,46,48-50,59H,4,35-37H2,1-3H3,(H-2,60,61,62,64,65,66)/p+2/t46-,48-,49-,50-/m0/s1. The average molecular weight is 905 g/mol. The molecule has 4 N–H and O–H groups in total. The van der Waals surface area contributed by atoms with Crippen molar-refractivity contribution in [1.82, 2.24) is 16.0 Å². The monoisotopic (exact) mass is 904 g/mol. The molecule has 0 fully saturated rings. The highest BCUT2D eigenvalue weighted by molar-refractivity contribution is 6.10. The summed E-state index contributed by atoms with van der Waals surface area (Å²) in [5, 5.41) is 14.1. The van der Waals surface area contributed by atoms with Crippen LogP contribution in [0.2, 0.25) is 0 Å². The molecular weight excluding hydrogens is 849 g/mol. The molecule has 0 aliphatic rings.